The summed E-state index contributed by atoms with van der Waals surface area (Å²) in [5.74, 6) is 0. The molecule has 140 valence electrons. The van der Waals surface area contributed by atoms with Crippen LogP contribution >= 0.6 is 0 Å². The van der Waals surface area contributed by atoms with Crippen LogP contribution in [0.1, 0.15) is 22.3 Å². The molecule has 4 rings (SSSR count). The van der Waals surface area contributed by atoms with Crippen LogP contribution < -0.4 is 5.32 Å². The van der Waals surface area contributed by atoms with Gasteiger partial charge in [0.25, 0.3) is 0 Å². The highest BCUT2D eigenvalue weighted by atomic mass is 15.3. The van der Waals surface area contributed by atoms with Gasteiger partial charge in [-0.2, -0.15) is 5.10 Å². The van der Waals surface area contributed by atoms with Crippen molar-refractivity contribution in [1.82, 2.24) is 20.1 Å². The Morgan fingerprint density at radius 1 is 0.857 bits per heavy atom. The van der Waals surface area contributed by atoms with Gasteiger partial charge in [0, 0.05) is 42.8 Å². The Kier molecular flexibility index (Phi) is 5.59. The lowest BCUT2D eigenvalue weighted by Crippen LogP contribution is -2.12. The summed E-state index contributed by atoms with van der Waals surface area (Å²) in [6, 6.07) is 23.1. The number of nitrogens with zero attached hydrogens (tertiary/aromatic N) is 3. The third-order valence-corrected chi connectivity index (χ3v) is 4.73. The molecule has 0 radical (unpaired) electrons. The Labute approximate surface area is 165 Å². The normalized spacial score (nSPS) is 10.9. The van der Waals surface area contributed by atoms with Crippen LogP contribution in [0.25, 0.3) is 11.3 Å². The van der Waals surface area contributed by atoms with E-state index >= 15 is 0 Å². The van der Waals surface area contributed by atoms with E-state index < -0.39 is 0 Å². The average molecular weight is 368 g/mol. The lowest BCUT2D eigenvalue weighted by atomic mass is 10.1. The molecule has 0 aliphatic rings. The molecule has 0 bridgehead atoms. The third kappa shape index (κ3) is 4.53. The zero-order valence-corrected chi connectivity index (χ0v) is 16.0. The molecule has 0 aliphatic heterocycles. The number of hydrogen-bond acceptors (Lipinski definition) is 3. The highest BCUT2D eigenvalue weighted by Crippen LogP contribution is 2.22. The first-order valence-electron chi connectivity index (χ1n) is 9.55. The molecule has 0 spiro atoms. The molecule has 0 saturated heterocycles. The Morgan fingerprint density at radius 3 is 2.43 bits per heavy atom. The molecule has 0 aliphatic carbocycles. The van der Waals surface area contributed by atoms with E-state index in [-0.39, 0.29) is 0 Å². The minimum atomic E-state index is 0.756. The zero-order valence-electron chi connectivity index (χ0n) is 16.0. The molecule has 2 aromatic heterocycles. The summed E-state index contributed by atoms with van der Waals surface area (Å²) in [4.78, 5) is 4.26. The van der Waals surface area contributed by atoms with E-state index in [4.69, 9.17) is 5.10 Å². The van der Waals surface area contributed by atoms with E-state index in [1.807, 2.05) is 23.0 Å². The van der Waals surface area contributed by atoms with Crippen LogP contribution in [0.2, 0.25) is 0 Å². The van der Waals surface area contributed by atoms with Gasteiger partial charge in [-0.05, 0) is 30.2 Å². The molecule has 4 nitrogen and oxygen atoms in total. The fourth-order valence-electron chi connectivity index (χ4n) is 3.24. The van der Waals surface area contributed by atoms with E-state index in [9.17, 15) is 0 Å². The number of nitrogens with one attached hydrogen (secondary N) is 1. The molecule has 0 fully saturated rings. The summed E-state index contributed by atoms with van der Waals surface area (Å²) in [6.07, 6.45) is 5.80. The first kappa shape index (κ1) is 18.1. The third-order valence-electron chi connectivity index (χ3n) is 4.73. The van der Waals surface area contributed by atoms with Crippen LogP contribution in [0.3, 0.4) is 0 Å². The largest absolute Gasteiger partial charge is 0.308 e. The van der Waals surface area contributed by atoms with Gasteiger partial charge in [-0.3, -0.25) is 9.67 Å². The minimum Gasteiger partial charge on any atom is -0.308 e. The zero-order chi connectivity index (χ0) is 19.2. The lowest BCUT2D eigenvalue weighted by Gasteiger charge is -2.06. The highest BCUT2D eigenvalue weighted by Gasteiger charge is 2.11. The van der Waals surface area contributed by atoms with Crippen LogP contribution in [0, 0.1) is 6.92 Å². The molecule has 2 heterocycles. The van der Waals surface area contributed by atoms with Gasteiger partial charge in [0.15, 0.2) is 0 Å². The molecule has 1 N–H and O–H groups in total. The van der Waals surface area contributed by atoms with Crippen molar-refractivity contribution in [3.63, 3.8) is 0 Å². The van der Waals surface area contributed by atoms with Gasteiger partial charge in [0.05, 0.1) is 12.2 Å². The summed E-state index contributed by atoms with van der Waals surface area (Å²) >= 11 is 0. The summed E-state index contributed by atoms with van der Waals surface area (Å²) in [5, 5.41) is 8.40. The first-order chi connectivity index (χ1) is 13.8. The van der Waals surface area contributed by atoms with Crippen LogP contribution in [-0.4, -0.2) is 14.8 Å². The van der Waals surface area contributed by atoms with Crippen molar-refractivity contribution >= 4 is 0 Å². The highest BCUT2D eigenvalue weighted by molar-refractivity contribution is 5.61. The topological polar surface area (TPSA) is 42.7 Å². The second-order valence-electron chi connectivity index (χ2n) is 7.02. The summed E-state index contributed by atoms with van der Waals surface area (Å²) < 4.78 is 2.01. The van der Waals surface area contributed by atoms with Crippen molar-refractivity contribution < 1.29 is 0 Å². The quantitative estimate of drug-likeness (QED) is 0.519. The van der Waals surface area contributed by atoms with Gasteiger partial charge < -0.3 is 5.32 Å². The van der Waals surface area contributed by atoms with Gasteiger partial charge >= 0.3 is 0 Å². The first-order valence-corrected chi connectivity index (χ1v) is 9.55. The SMILES string of the molecule is Cc1ccc(CNCc2cn(Cc3ccccc3)nc2-c2cccnc2)cc1. The van der Waals surface area contributed by atoms with Crippen molar-refractivity contribution in [3.05, 3.63) is 108 Å². The number of pyridine rings is 1. The second kappa shape index (κ2) is 8.63. The summed E-state index contributed by atoms with van der Waals surface area (Å²) in [6.45, 7) is 4.45. The molecule has 2 aromatic carbocycles. The monoisotopic (exact) mass is 368 g/mol. The maximum absolute atomic E-state index is 4.85. The lowest BCUT2D eigenvalue weighted by molar-refractivity contribution is 0.677. The predicted octanol–water partition coefficient (Wildman–Crippen LogP) is 4.59. The van der Waals surface area contributed by atoms with Crippen molar-refractivity contribution in [1.29, 1.82) is 0 Å². The van der Waals surface area contributed by atoms with Gasteiger partial charge in [-0.25, -0.2) is 0 Å². The molecular weight excluding hydrogens is 344 g/mol. The molecular formula is C24H24N4. The predicted molar refractivity (Wildman–Crippen MR) is 113 cm³/mol. The van der Waals surface area contributed by atoms with Gasteiger partial charge in [0.2, 0.25) is 0 Å². The summed E-state index contributed by atoms with van der Waals surface area (Å²) in [5.41, 5.74) is 7.01. The van der Waals surface area contributed by atoms with Gasteiger partial charge in [-0.1, -0.05) is 60.2 Å². The molecule has 4 aromatic rings. The second-order valence-corrected chi connectivity index (χ2v) is 7.02. The Bertz CT molecular complexity index is 1010. The smallest absolute Gasteiger partial charge is 0.0983 e. The van der Waals surface area contributed by atoms with E-state index in [2.05, 4.69) is 78.0 Å². The standard InChI is InChI=1S/C24H24N4/c1-19-9-11-20(12-10-19)14-26-16-23-18-28(17-21-6-3-2-4-7-21)27-24(23)22-8-5-13-25-15-22/h2-13,15,18,26H,14,16-17H2,1H3. The van der Waals surface area contributed by atoms with E-state index in [0.717, 1.165) is 30.9 Å². The average Bonchev–Trinajstić information content (AvgIpc) is 3.13. The van der Waals surface area contributed by atoms with Gasteiger partial charge in [-0.15, -0.1) is 0 Å². The van der Waals surface area contributed by atoms with Gasteiger partial charge in [0.1, 0.15) is 0 Å². The Balaban J connectivity index is 1.53. The van der Waals surface area contributed by atoms with Crippen molar-refractivity contribution in [3.8, 4) is 11.3 Å². The number of benzene rings is 2. The van der Waals surface area contributed by atoms with Crippen molar-refractivity contribution in [2.45, 2.75) is 26.6 Å². The van der Waals surface area contributed by atoms with E-state index in [0.29, 0.717) is 0 Å². The maximum atomic E-state index is 4.85. The number of rotatable bonds is 7. The Morgan fingerprint density at radius 2 is 1.68 bits per heavy atom. The van der Waals surface area contributed by atoms with Crippen LogP contribution in [0.5, 0.6) is 0 Å². The van der Waals surface area contributed by atoms with E-state index in [1.165, 1.54) is 22.3 Å². The fourth-order valence-corrected chi connectivity index (χ4v) is 3.24. The van der Waals surface area contributed by atoms with Crippen molar-refractivity contribution in [2.24, 2.45) is 0 Å². The molecule has 0 unspecified atom stereocenters. The number of hydrogen-bond donors (Lipinski definition) is 1. The molecule has 4 heteroatoms. The van der Waals surface area contributed by atoms with Crippen LogP contribution in [-0.2, 0) is 19.6 Å². The molecule has 0 amide bonds. The summed E-state index contributed by atoms with van der Waals surface area (Å²) in [7, 11) is 0. The van der Waals surface area contributed by atoms with Crippen LogP contribution in [0.15, 0.2) is 85.3 Å². The Hall–Kier alpha value is -3.24. The molecule has 28 heavy (non-hydrogen) atoms. The molecule has 0 atom stereocenters. The molecule has 0 saturated carbocycles. The van der Waals surface area contributed by atoms with Crippen LogP contribution in [0.4, 0.5) is 0 Å². The number of aryl methyl sites for hydroxylation is 1. The fraction of sp³-hybridized carbons (Fsp3) is 0.167. The number of aromatic nitrogens is 3. The van der Waals surface area contributed by atoms with E-state index in [1.54, 1.807) is 6.20 Å². The maximum Gasteiger partial charge on any atom is 0.0983 e. The minimum absolute atomic E-state index is 0.756. The van der Waals surface area contributed by atoms with Crippen molar-refractivity contribution in [2.75, 3.05) is 0 Å².